The molecular weight excluding hydrogens is 616 g/mol. The number of ether oxygens (including phenoxy) is 1. The molecule has 0 bridgehead atoms. The molecule has 0 aromatic heterocycles. The van der Waals surface area contributed by atoms with Gasteiger partial charge in [0.25, 0.3) is 0 Å². The monoisotopic (exact) mass is 695 g/mol. The molecule has 3 fully saturated rings. The summed E-state index contributed by atoms with van der Waals surface area (Å²) in [5.74, 6) is 4.57. The van der Waals surface area contributed by atoms with Crippen molar-refractivity contribution in [3.05, 3.63) is 0 Å². The van der Waals surface area contributed by atoms with E-state index >= 15 is 0 Å². The molecule has 0 heterocycles. The van der Waals surface area contributed by atoms with Crippen LogP contribution in [0.15, 0.2) is 0 Å². The molecule has 0 spiro atoms. The number of terminal acetylenes is 2. The first-order chi connectivity index (χ1) is 23.9. The third kappa shape index (κ3) is 23.8. The van der Waals surface area contributed by atoms with Crippen LogP contribution in [0.25, 0.3) is 0 Å². The second kappa shape index (κ2) is 32.7. The Bertz CT molecular complexity index is 659. The number of hydrogen-bond donors (Lipinski definition) is 6. The van der Waals surface area contributed by atoms with E-state index in [1.165, 1.54) is 135 Å². The summed E-state index contributed by atoms with van der Waals surface area (Å²) in [6.45, 7) is 1.56. The van der Waals surface area contributed by atoms with Crippen LogP contribution in [-0.4, -0.2) is 83.5 Å². The van der Waals surface area contributed by atoms with Crippen LogP contribution in [0.4, 0.5) is 0 Å². The van der Waals surface area contributed by atoms with Crippen molar-refractivity contribution in [3.8, 4) is 24.7 Å². The second-order valence-electron chi connectivity index (χ2n) is 15.3. The van der Waals surface area contributed by atoms with E-state index < -0.39 is 0 Å². The summed E-state index contributed by atoms with van der Waals surface area (Å²) < 4.78 is 4.66. The molecule has 7 heteroatoms. The summed E-state index contributed by atoms with van der Waals surface area (Å²) in [6.07, 6.45) is 42.3. The van der Waals surface area contributed by atoms with Crippen LogP contribution in [0.3, 0.4) is 0 Å². The van der Waals surface area contributed by atoms with Crippen LogP contribution in [0.5, 0.6) is 0 Å². The topological polar surface area (TPSA) is 131 Å². The van der Waals surface area contributed by atoms with Gasteiger partial charge in [-0.3, -0.25) is 0 Å². The van der Waals surface area contributed by atoms with E-state index in [1.54, 1.807) is 0 Å². The predicted molar refractivity (Wildman–Crippen MR) is 203 cm³/mol. The van der Waals surface area contributed by atoms with Gasteiger partial charge in [0.05, 0.1) is 39.6 Å². The van der Waals surface area contributed by atoms with Crippen molar-refractivity contribution in [2.75, 3.05) is 52.9 Å². The average Bonchev–Trinajstić information content (AvgIpc) is 3.16. The summed E-state index contributed by atoms with van der Waals surface area (Å²) in [5, 5.41) is 56.2. The Hall–Kier alpha value is -1.16. The minimum atomic E-state index is -0.169. The van der Waals surface area contributed by atoms with Crippen molar-refractivity contribution in [3.63, 3.8) is 0 Å². The van der Waals surface area contributed by atoms with Gasteiger partial charge >= 0.3 is 0 Å². The Kier molecular flexibility index (Phi) is 32.0. The largest absolute Gasteiger partial charge is 0.396 e. The Morgan fingerprint density at radius 1 is 0.327 bits per heavy atom. The summed E-state index contributed by atoms with van der Waals surface area (Å²) in [4.78, 5) is 0. The lowest BCUT2D eigenvalue weighted by Gasteiger charge is -2.30. The van der Waals surface area contributed by atoms with Gasteiger partial charge in [-0.15, -0.1) is 12.8 Å². The molecule has 0 aromatic carbocycles. The maximum Gasteiger partial charge on any atom is 0.108 e. The molecule has 0 aliphatic heterocycles. The van der Waals surface area contributed by atoms with Crippen LogP contribution in [0.1, 0.15) is 173 Å². The normalized spacial score (nSPS) is 21.9. The summed E-state index contributed by atoms with van der Waals surface area (Å²) in [7, 11) is 0. The standard InChI is InChI=1S/3C12H24O2.C6H6O/c3*13-10-12(11-14)8-6-4-2-1-3-5-7-9-12;1-3-5-7-6-4-2/h3*13-14H,1-11H2;1-2H,5-6H2. The molecule has 49 heavy (non-hydrogen) atoms. The van der Waals surface area contributed by atoms with Gasteiger partial charge in [0.2, 0.25) is 0 Å². The summed E-state index contributed by atoms with van der Waals surface area (Å²) in [5.41, 5.74) is -0.508. The minimum absolute atomic E-state index is 0.156. The lowest BCUT2D eigenvalue weighted by Crippen LogP contribution is -2.30. The molecule has 6 N–H and O–H groups in total. The Morgan fingerprint density at radius 3 is 0.633 bits per heavy atom. The van der Waals surface area contributed by atoms with Crippen molar-refractivity contribution in [1.29, 1.82) is 0 Å². The first-order valence-corrected chi connectivity index (χ1v) is 20.0. The number of aliphatic hydroxyl groups is 6. The maximum absolute atomic E-state index is 9.36. The average molecular weight is 695 g/mol. The van der Waals surface area contributed by atoms with E-state index in [4.69, 9.17) is 12.8 Å². The quantitative estimate of drug-likeness (QED) is 0.113. The number of rotatable bonds is 8. The fraction of sp³-hybridized carbons (Fsp3) is 0.905. The second-order valence-corrected chi connectivity index (χ2v) is 15.3. The van der Waals surface area contributed by atoms with Crippen molar-refractivity contribution in [2.45, 2.75) is 173 Å². The first kappa shape index (κ1) is 47.8. The van der Waals surface area contributed by atoms with Gasteiger partial charge in [-0.1, -0.05) is 147 Å². The van der Waals surface area contributed by atoms with Gasteiger partial charge in [-0.05, 0) is 38.5 Å². The molecule has 0 aromatic rings. The van der Waals surface area contributed by atoms with Gasteiger partial charge in [-0.2, -0.15) is 0 Å². The molecule has 3 rings (SSSR count). The first-order valence-electron chi connectivity index (χ1n) is 20.0. The van der Waals surface area contributed by atoms with Crippen LogP contribution in [0.2, 0.25) is 0 Å². The van der Waals surface area contributed by atoms with Crippen LogP contribution in [-0.2, 0) is 4.74 Å². The SMILES string of the molecule is C#CCOCC#C.OCC1(CO)CCCCCCCCC1.OCC1(CO)CCCCCCCCC1.OCC1(CO)CCCCCCCCC1. The fourth-order valence-electron chi connectivity index (χ4n) is 7.29. The van der Waals surface area contributed by atoms with Crippen LogP contribution >= 0.6 is 0 Å². The molecule has 0 unspecified atom stereocenters. The molecule has 288 valence electrons. The lowest BCUT2D eigenvalue weighted by molar-refractivity contribution is 0.0343. The highest BCUT2D eigenvalue weighted by Gasteiger charge is 2.29. The van der Waals surface area contributed by atoms with E-state index in [-0.39, 0.29) is 55.9 Å². The van der Waals surface area contributed by atoms with Gasteiger partial charge in [0.15, 0.2) is 0 Å². The Morgan fingerprint density at radius 2 is 0.490 bits per heavy atom. The number of aliphatic hydroxyl groups excluding tert-OH is 6. The van der Waals surface area contributed by atoms with Gasteiger partial charge in [-0.25, -0.2) is 0 Å². The van der Waals surface area contributed by atoms with Crippen molar-refractivity contribution in [1.82, 2.24) is 0 Å². The Balaban J connectivity index is 0.000000645. The zero-order valence-corrected chi connectivity index (χ0v) is 31.5. The lowest BCUT2D eigenvalue weighted by atomic mass is 9.78. The molecular formula is C42H78O7. The van der Waals surface area contributed by atoms with Crippen LogP contribution in [0, 0.1) is 40.9 Å². The van der Waals surface area contributed by atoms with E-state index in [9.17, 15) is 30.6 Å². The third-order valence-electron chi connectivity index (χ3n) is 11.1. The molecule has 3 saturated carbocycles. The van der Waals surface area contributed by atoms with E-state index in [2.05, 4.69) is 16.6 Å². The number of hydrogen-bond acceptors (Lipinski definition) is 7. The zero-order chi connectivity index (χ0) is 36.4. The maximum atomic E-state index is 9.36. The van der Waals surface area contributed by atoms with Gasteiger partial charge in [0.1, 0.15) is 13.2 Å². The minimum Gasteiger partial charge on any atom is -0.396 e. The van der Waals surface area contributed by atoms with Crippen molar-refractivity contribution < 1.29 is 35.4 Å². The zero-order valence-electron chi connectivity index (χ0n) is 31.5. The molecule has 0 saturated heterocycles. The third-order valence-corrected chi connectivity index (χ3v) is 11.1. The highest BCUT2D eigenvalue weighted by molar-refractivity contribution is 4.87. The van der Waals surface area contributed by atoms with Crippen molar-refractivity contribution in [2.24, 2.45) is 16.2 Å². The van der Waals surface area contributed by atoms with E-state index in [1.807, 2.05) is 0 Å². The van der Waals surface area contributed by atoms with E-state index in [0.29, 0.717) is 13.2 Å². The molecule has 0 atom stereocenters. The van der Waals surface area contributed by atoms with E-state index in [0.717, 1.165) is 38.5 Å². The predicted octanol–water partition coefficient (Wildman–Crippen LogP) is 7.72. The Labute approximate surface area is 302 Å². The van der Waals surface area contributed by atoms with Gasteiger partial charge in [0, 0.05) is 16.2 Å². The summed E-state index contributed by atoms with van der Waals surface area (Å²) in [6, 6.07) is 0. The molecule has 0 amide bonds. The molecule has 7 nitrogen and oxygen atoms in total. The highest BCUT2D eigenvalue weighted by atomic mass is 16.5. The molecule has 0 radical (unpaired) electrons. The highest BCUT2D eigenvalue weighted by Crippen LogP contribution is 2.34. The summed E-state index contributed by atoms with van der Waals surface area (Å²) >= 11 is 0. The van der Waals surface area contributed by atoms with Gasteiger partial charge < -0.3 is 35.4 Å². The van der Waals surface area contributed by atoms with Crippen LogP contribution < -0.4 is 0 Å². The molecule has 3 aliphatic rings. The van der Waals surface area contributed by atoms with Crippen molar-refractivity contribution >= 4 is 0 Å². The molecule has 3 aliphatic carbocycles. The fourth-order valence-corrected chi connectivity index (χ4v) is 7.29. The smallest absolute Gasteiger partial charge is 0.108 e.